The van der Waals surface area contributed by atoms with E-state index in [-0.39, 0.29) is 39.2 Å². The summed E-state index contributed by atoms with van der Waals surface area (Å²) in [5.41, 5.74) is 45.4. The Bertz CT molecular complexity index is 7390. The van der Waals surface area contributed by atoms with Crippen LogP contribution in [0.25, 0.3) is 144 Å². The highest BCUT2D eigenvalue weighted by Gasteiger charge is 2.47. The number of nitrogens with zero attached hydrogens (tertiary/aromatic N) is 4. The Hall–Kier alpha value is -14.0. The summed E-state index contributed by atoms with van der Waals surface area (Å²) in [6.45, 7) is 50.2. The predicted molar refractivity (Wildman–Crippen MR) is 610 cm³/mol. The van der Waals surface area contributed by atoms with E-state index in [2.05, 4.69) is 528 Å². The largest absolute Gasteiger partial charge is 0.311 e. The maximum absolute atomic E-state index is 2.81. The van der Waals surface area contributed by atoms with Gasteiger partial charge in [-0.3, -0.25) is 0 Å². The molecule has 0 atom stereocenters. The predicted octanol–water partition coefficient (Wildman–Crippen LogP) is 36.1. The van der Waals surface area contributed by atoms with Gasteiger partial charge in [0.15, 0.2) is 0 Å². The molecule has 0 radical (unpaired) electrons. The van der Waals surface area contributed by atoms with Crippen molar-refractivity contribution in [3.8, 4) is 100 Å². The molecule has 0 aliphatic carbocycles. The van der Waals surface area contributed by atoms with Crippen LogP contribution in [0.5, 0.6) is 0 Å². The second-order valence-electron chi connectivity index (χ2n) is 49.1. The van der Waals surface area contributed by atoms with E-state index in [1.807, 2.05) is 0 Å². The molecule has 17 aromatic carbocycles. The number of hydrogen-bond acceptors (Lipinski definition) is 2. The van der Waals surface area contributed by atoms with Crippen LogP contribution in [0.2, 0.25) is 0 Å². The van der Waals surface area contributed by atoms with E-state index in [0.717, 1.165) is 106 Å². The molecule has 0 fully saturated rings. The molecule has 0 amide bonds. The minimum absolute atomic E-state index is 0.0219. The zero-order chi connectivity index (χ0) is 98.3. The molecule has 21 rings (SSSR count). The van der Waals surface area contributed by atoms with Crippen LogP contribution >= 0.6 is 0 Å². The lowest BCUT2D eigenvalue weighted by atomic mass is 9.33. The number of aromatic nitrogens is 2. The van der Waals surface area contributed by atoms with Crippen molar-refractivity contribution in [3.05, 3.63) is 403 Å². The van der Waals surface area contributed by atoms with Gasteiger partial charge in [-0.15, -0.1) is 0 Å². The third kappa shape index (κ3) is 18.9. The molecule has 702 valence electrons. The smallest absolute Gasteiger partial charge is 0.252 e. The molecule has 2 aromatic heterocycles. The molecule has 0 N–H and O–H groups in total. The molecule has 141 heavy (non-hydrogen) atoms. The first kappa shape index (κ1) is 93.3. The SMILES string of the molecule is CC(C)(C)Cc1cccc(-c2cc(N3c4cc(-n5c6ccc(-c7ccccc7)cc6c6cc(-c7ccccc7)ccc65)ccc4B4c5ccc(-n6c7ccc(-c8ccccc8)cc7c7cc(-c8ccccc8)ccc76)cc5N(c5cc(-c6cccc(CC(C)(C)C)c6)c(CC(C)(C)C)cc5-c5cccc(CC(C)(C)C)c5)c5cc(C(C)(C)C)cc3c54)c(-c3cccc(CC(C)(C)C)c3)cc2CC(C)(C)C)c1. The molecule has 0 bridgehead atoms. The number of fused-ring (bicyclic) bond motifs is 10. The van der Waals surface area contributed by atoms with Gasteiger partial charge in [0.2, 0.25) is 0 Å². The third-order valence-corrected chi connectivity index (χ3v) is 28.6. The van der Waals surface area contributed by atoms with Crippen molar-refractivity contribution in [1.82, 2.24) is 9.13 Å². The zero-order valence-electron chi connectivity index (χ0n) is 86.7. The quantitative estimate of drug-likeness (QED) is 0.0796. The van der Waals surface area contributed by atoms with Gasteiger partial charge < -0.3 is 18.9 Å². The first-order valence-electron chi connectivity index (χ1n) is 51.4. The average Bonchev–Trinajstić information content (AvgIpc) is 1.51. The Kier molecular flexibility index (Phi) is 23.6. The third-order valence-electron chi connectivity index (χ3n) is 28.6. The van der Waals surface area contributed by atoms with Crippen molar-refractivity contribution >= 4 is 101 Å². The molecule has 0 unspecified atom stereocenters. The van der Waals surface area contributed by atoms with Crippen molar-refractivity contribution in [2.75, 3.05) is 9.80 Å². The van der Waals surface area contributed by atoms with E-state index in [4.69, 9.17) is 0 Å². The fourth-order valence-corrected chi connectivity index (χ4v) is 23.0. The molecule has 5 heteroatoms. The summed E-state index contributed by atoms with van der Waals surface area (Å²) >= 11 is 0. The highest BCUT2D eigenvalue weighted by molar-refractivity contribution is 7.00. The van der Waals surface area contributed by atoms with Crippen LogP contribution in [0.1, 0.15) is 184 Å². The summed E-state index contributed by atoms with van der Waals surface area (Å²) in [6, 6.07) is 142. The van der Waals surface area contributed by atoms with Gasteiger partial charge in [0.25, 0.3) is 6.71 Å². The number of rotatable bonds is 18. The van der Waals surface area contributed by atoms with Gasteiger partial charge in [-0.25, -0.2) is 0 Å². The van der Waals surface area contributed by atoms with E-state index < -0.39 is 5.41 Å². The second kappa shape index (κ2) is 35.7. The standard InChI is InChI=1S/C136H135BN4/c1-130(2,3)82-88-38-34-50-100(66-88)109-80-123(111(74-104(109)86-134(13,14)15)102-52-36-40-90(68-102)84-132(7,8)9)140-125-78-107(138-119-62-54-96(92-42-26-22-27-43-92)70-113(119)114-71-97(55-63-120(114)138)93-44-28-23-29-45-93)58-60-117(125)137-118-61-59-108(139-121-64-56-98(94-46-30-24-31-47-94)72-115(121)116-73-99(57-65-122(116)139)95-48-32-25-33-49-95)79-126(118)141(128-77-106(136(19,20)21)76-127(140)129(128)137)124-81-110(101-51-35-39-89(67-101)83-131(4,5)6)105(87-135(16,17)18)75-112(124)103-53-37-41-91(69-103)85-133(10,11)12/h22-81H,82-87H2,1-21H3. The maximum Gasteiger partial charge on any atom is 0.252 e. The van der Waals surface area contributed by atoms with E-state index >= 15 is 0 Å². The van der Waals surface area contributed by atoms with Gasteiger partial charge in [-0.1, -0.05) is 400 Å². The summed E-state index contributed by atoms with van der Waals surface area (Å²) in [5, 5.41) is 4.81. The van der Waals surface area contributed by atoms with Crippen LogP contribution in [-0.2, 0) is 43.9 Å². The van der Waals surface area contributed by atoms with Crippen molar-refractivity contribution < 1.29 is 0 Å². The van der Waals surface area contributed by atoms with Gasteiger partial charge >= 0.3 is 0 Å². The molecule has 4 heterocycles. The van der Waals surface area contributed by atoms with Crippen LogP contribution in [0.4, 0.5) is 34.1 Å². The van der Waals surface area contributed by atoms with Gasteiger partial charge in [0, 0.05) is 66.8 Å². The van der Waals surface area contributed by atoms with E-state index in [9.17, 15) is 0 Å². The summed E-state index contributed by atoms with van der Waals surface area (Å²) in [6.07, 6.45) is 5.44. The van der Waals surface area contributed by atoms with Crippen molar-refractivity contribution in [1.29, 1.82) is 0 Å². The lowest BCUT2D eigenvalue weighted by Gasteiger charge is -2.46. The van der Waals surface area contributed by atoms with Crippen LogP contribution < -0.4 is 26.2 Å². The summed E-state index contributed by atoms with van der Waals surface area (Å²) < 4.78 is 5.18. The minimum atomic E-state index is -0.401. The molecule has 2 aliphatic rings. The highest BCUT2D eigenvalue weighted by Crippen LogP contribution is 2.55. The van der Waals surface area contributed by atoms with Crippen molar-refractivity contribution in [2.24, 2.45) is 32.5 Å². The Labute approximate surface area is 839 Å². The van der Waals surface area contributed by atoms with Gasteiger partial charge in [-0.05, 0) is 319 Å². The Morgan fingerprint density at radius 3 is 0.738 bits per heavy atom. The average molecular weight is 1840 g/mol. The van der Waals surface area contributed by atoms with Gasteiger partial charge in [-0.2, -0.15) is 0 Å². The normalized spacial score (nSPS) is 13.1. The molecular formula is C136H135BN4. The number of hydrogen-bond donors (Lipinski definition) is 0. The number of anilines is 6. The molecule has 0 saturated carbocycles. The first-order chi connectivity index (χ1) is 67.2. The van der Waals surface area contributed by atoms with Crippen molar-refractivity contribution in [3.63, 3.8) is 0 Å². The second-order valence-corrected chi connectivity index (χ2v) is 49.1. The highest BCUT2D eigenvalue weighted by atomic mass is 15.2. The van der Waals surface area contributed by atoms with Crippen LogP contribution in [0, 0.1) is 32.5 Å². The van der Waals surface area contributed by atoms with E-state index in [1.54, 1.807) is 0 Å². The van der Waals surface area contributed by atoms with Crippen LogP contribution in [0.15, 0.2) is 364 Å². The van der Waals surface area contributed by atoms with E-state index in [1.165, 1.54) is 166 Å². The summed E-state index contributed by atoms with van der Waals surface area (Å²) in [4.78, 5) is 5.62. The first-order valence-corrected chi connectivity index (χ1v) is 51.4. The number of benzene rings is 17. The Morgan fingerprint density at radius 1 is 0.199 bits per heavy atom. The Morgan fingerprint density at radius 2 is 0.468 bits per heavy atom. The molecule has 0 spiro atoms. The van der Waals surface area contributed by atoms with Gasteiger partial charge in [0.1, 0.15) is 0 Å². The zero-order valence-corrected chi connectivity index (χ0v) is 86.7. The molecule has 4 nitrogen and oxygen atoms in total. The Balaban J connectivity index is 0.932. The monoisotopic (exact) mass is 1840 g/mol. The van der Waals surface area contributed by atoms with Crippen molar-refractivity contribution in [2.45, 2.75) is 189 Å². The van der Waals surface area contributed by atoms with Crippen LogP contribution in [-0.4, -0.2) is 15.8 Å². The fraction of sp³-hybridized carbons (Fsp3) is 0.250. The van der Waals surface area contributed by atoms with Crippen LogP contribution in [0.3, 0.4) is 0 Å². The summed E-state index contributed by atoms with van der Waals surface area (Å²) in [7, 11) is 0. The van der Waals surface area contributed by atoms with Gasteiger partial charge in [0.05, 0.1) is 33.4 Å². The molecule has 19 aromatic rings. The van der Waals surface area contributed by atoms with E-state index in [0.29, 0.717) is 0 Å². The fourth-order valence-electron chi connectivity index (χ4n) is 23.0. The maximum atomic E-state index is 2.81. The lowest BCUT2D eigenvalue weighted by molar-refractivity contribution is 0.410. The molecule has 0 saturated heterocycles. The minimum Gasteiger partial charge on any atom is -0.311 e. The molecular weight excluding hydrogens is 1700 g/mol. The molecule has 2 aliphatic heterocycles. The topological polar surface area (TPSA) is 16.3 Å². The lowest BCUT2D eigenvalue weighted by Crippen LogP contribution is -2.61. The summed E-state index contributed by atoms with van der Waals surface area (Å²) in [5.74, 6) is 0.